The van der Waals surface area contributed by atoms with E-state index in [0.29, 0.717) is 0 Å². The zero-order chi connectivity index (χ0) is 20.2. The van der Waals surface area contributed by atoms with E-state index in [1.165, 1.54) is 5.56 Å². The number of guanidine groups is 1. The van der Waals surface area contributed by atoms with E-state index in [-0.39, 0.29) is 5.54 Å². The fraction of sp³-hybridized carbons (Fsp3) is 0.682. The molecule has 0 saturated carbocycles. The predicted molar refractivity (Wildman–Crippen MR) is 116 cm³/mol. The molecule has 158 valence electrons. The average molecular weight is 391 g/mol. The number of ether oxygens (including phenoxy) is 2. The molecule has 28 heavy (non-hydrogen) atoms. The Balaban J connectivity index is 1.68. The number of unbranched alkanes of at least 4 members (excludes halogenated alkanes) is 1. The monoisotopic (exact) mass is 390 g/mol. The van der Waals surface area contributed by atoms with Gasteiger partial charge in [-0.3, -0.25) is 9.89 Å². The molecule has 0 aliphatic carbocycles. The molecule has 1 aromatic rings. The van der Waals surface area contributed by atoms with Gasteiger partial charge >= 0.3 is 0 Å². The summed E-state index contributed by atoms with van der Waals surface area (Å²) in [6.45, 7) is 15.5. The van der Waals surface area contributed by atoms with Crippen LogP contribution in [0.5, 0.6) is 5.75 Å². The zero-order valence-electron chi connectivity index (χ0n) is 18.1. The molecule has 2 N–H and O–H groups in total. The number of hydrogen-bond donors (Lipinski definition) is 2. The maximum Gasteiger partial charge on any atom is 0.191 e. The van der Waals surface area contributed by atoms with Crippen molar-refractivity contribution >= 4 is 5.96 Å². The number of benzene rings is 1. The normalized spacial score (nSPS) is 16.1. The second-order valence-electron chi connectivity index (χ2n) is 7.90. The molecule has 6 heteroatoms. The van der Waals surface area contributed by atoms with Gasteiger partial charge in [-0.25, -0.2) is 0 Å². The van der Waals surface area contributed by atoms with Crippen LogP contribution in [0.25, 0.3) is 0 Å². The van der Waals surface area contributed by atoms with Crippen molar-refractivity contribution in [2.24, 2.45) is 4.99 Å². The van der Waals surface area contributed by atoms with E-state index >= 15 is 0 Å². The number of aliphatic imine (C=N–C) groups is 1. The first-order valence-corrected chi connectivity index (χ1v) is 10.6. The number of nitrogens with one attached hydrogen (secondary N) is 2. The number of morpholine rings is 1. The van der Waals surface area contributed by atoms with Gasteiger partial charge in [0.25, 0.3) is 0 Å². The standard InChI is InChI=1S/C22H38N4O2/c1-5-23-21(25-18-22(3,4)26-13-16-27-17-14-26)24-12-6-7-15-28-20-10-8-19(2)9-11-20/h8-11H,5-7,12-18H2,1-4H3,(H2,23,24,25). The van der Waals surface area contributed by atoms with E-state index in [4.69, 9.17) is 14.5 Å². The van der Waals surface area contributed by atoms with Gasteiger partial charge in [0.15, 0.2) is 5.96 Å². The van der Waals surface area contributed by atoms with Crippen molar-refractivity contribution in [3.8, 4) is 5.75 Å². The fourth-order valence-corrected chi connectivity index (χ4v) is 3.14. The summed E-state index contributed by atoms with van der Waals surface area (Å²) in [7, 11) is 0. The average Bonchev–Trinajstić information content (AvgIpc) is 2.70. The Morgan fingerprint density at radius 1 is 1.14 bits per heavy atom. The predicted octanol–water partition coefficient (Wildman–Crippen LogP) is 2.82. The highest BCUT2D eigenvalue weighted by molar-refractivity contribution is 5.79. The van der Waals surface area contributed by atoms with Crippen molar-refractivity contribution in [3.05, 3.63) is 29.8 Å². The molecule has 0 aromatic heterocycles. The van der Waals surface area contributed by atoms with Crippen molar-refractivity contribution in [3.63, 3.8) is 0 Å². The summed E-state index contributed by atoms with van der Waals surface area (Å²) < 4.78 is 11.3. The maximum atomic E-state index is 5.79. The van der Waals surface area contributed by atoms with Gasteiger partial charge in [-0.1, -0.05) is 17.7 Å². The van der Waals surface area contributed by atoms with Crippen LogP contribution in [0.4, 0.5) is 0 Å². The minimum absolute atomic E-state index is 0.0357. The lowest BCUT2D eigenvalue weighted by atomic mass is 10.0. The Morgan fingerprint density at radius 3 is 2.54 bits per heavy atom. The Bertz CT molecular complexity index is 581. The van der Waals surface area contributed by atoms with Crippen LogP contribution in [-0.2, 0) is 4.74 Å². The fourth-order valence-electron chi connectivity index (χ4n) is 3.14. The molecule has 1 aliphatic rings. The summed E-state index contributed by atoms with van der Waals surface area (Å²) in [6.07, 6.45) is 2.06. The first-order valence-electron chi connectivity index (χ1n) is 10.6. The summed E-state index contributed by atoms with van der Waals surface area (Å²) >= 11 is 0. The molecule has 0 amide bonds. The topological polar surface area (TPSA) is 58.1 Å². The third kappa shape index (κ3) is 8.07. The Kier molecular flexibility index (Phi) is 9.58. The molecule has 2 rings (SSSR count). The van der Waals surface area contributed by atoms with E-state index in [2.05, 4.69) is 55.4 Å². The van der Waals surface area contributed by atoms with Crippen LogP contribution in [0.1, 0.15) is 39.2 Å². The molecular weight excluding hydrogens is 352 g/mol. The van der Waals surface area contributed by atoms with E-state index in [0.717, 1.165) is 77.1 Å². The van der Waals surface area contributed by atoms with Crippen LogP contribution in [0, 0.1) is 6.92 Å². The summed E-state index contributed by atoms with van der Waals surface area (Å²) in [5, 5.41) is 6.79. The molecule has 1 saturated heterocycles. The van der Waals surface area contributed by atoms with E-state index < -0.39 is 0 Å². The van der Waals surface area contributed by atoms with Crippen LogP contribution < -0.4 is 15.4 Å². The second kappa shape index (κ2) is 11.9. The SMILES string of the molecule is CCNC(=NCC(C)(C)N1CCOCC1)NCCCCOc1ccc(C)cc1. The molecule has 0 radical (unpaired) electrons. The molecule has 0 bridgehead atoms. The van der Waals surface area contributed by atoms with Crippen LogP contribution in [-0.4, -0.2) is 68.9 Å². The highest BCUT2D eigenvalue weighted by Crippen LogP contribution is 2.16. The van der Waals surface area contributed by atoms with Crippen LogP contribution in [0.15, 0.2) is 29.3 Å². The number of nitrogens with zero attached hydrogens (tertiary/aromatic N) is 2. The molecule has 0 spiro atoms. The molecule has 1 heterocycles. The van der Waals surface area contributed by atoms with Crippen molar-refractivity contribution < 1.29 is 9.47 Å². The van der Waals surface area contributed by atoms with Crippen LogP contribution in [0.2, 0.25) is 0 Å². The maximum absolute atomic E-state index is 5.79. The van der Waals surface area contributed by atoms with Gasteiger partial charge in [0.2, 0.25) is 0 Å². The Morgan fingerprint density at radius 2 is 1.86 bits per heavy atom. The third-order valence-corrected chi connectivity index (χ3v) is 4.99. The van der Waals surface area contributed by atoms with Gasteiger partial charge in [0.1, 0.15) is 5.75 Å². The van der Waals surface area contributed by atoms with Gasteiger partial charge in [0.05, 0.1) is 26.4 Å². The zero-order valence-corrected chi connectivity index (χ0v) is 18.1. The quantitative estimate of drug-likeness (QED) is 0.365. The molecular formula is C22H38N4O2. The minimum Gasteiger partial charge on any atom is -0.494 e. The highest BCUT2D eigenvalue weighted by atomic mass is 16.5. The van der Waals surface area contributed by atoms with Gasteiger partial charge in [-0.15, -0.1) is 0 Å². The van der Waals surface area contributed by atoms with Crippen molar-refractivity contribution in [1.82, 2.24) is 15.5 Å². The molecule has 1 aromatic carbocycles. The van der Waals surface area contributed by atoms with E-state index in [9.17, 15) is 0 Å². The van der Waals surface area contributed by atoms with Gasteiger partial charge < -0.3 is 20.1 Å². The van der Waals surface area contributed by atoms with Crippen molar-refractivity contribution in [1.29, 1.82) is 0 Å². The van der Waals surface area contributed by atoms with Crippen molar-refractivity contribution in [2.75, 3.05) is 52.5 Å². The largest absolute Gasteiger partial charge is 0.494 e. The van der Waals surface area contributed by atoms with E-state index in [1.54, 1.807) is 0 Å². The first-order chi connectivity index (χ1) is 13.5. The third-order valence-electron chi connectivity index (χ3n) is 4.99. The molecule has 0 unspecified atom stereocenters. The minimum atomic E-state index is 0.0357. The summed E-state index contributed by atoms with van der Waals surface area (Å²) in [5.41, 5.74) is 1.29. The molecule has 1 fully saturated rings. The molecule has 6 nitrogen and oxygen atoms in total. The smallest absolute Gasteiger partial charge is 0.191 e. The van der Waals surface area contributed by atoms with Gasteiger partial charge in [-0.2, -0.15) is 0 Å². The summed E-state index contributed by atoms with van der Waals surface area (Å²) in [4.78, 5) is 7.28. The van der Waals surface area contributed by atoms with Crippen molar-refractivity contribution in [2.45, 2.75) is 46.1 Å². The molecule has 0 atom stereocenters. The number of aryl methyl sites for hydroxylation is 1. The highest BCUT2D eigenvalue weighted by Gasteiger charge is 2.28. The van der Waals surface area contributed by atoms with Gasteiger partial charge in [-0.05, 0) is 52.7 Å². The first kappa shape index (κ1) is 22.5. The summed E-state index contributed by atoms with van der Waals surface area (Å²) in [5.74, 6) is 1.84. The molecule has 1 aliphatic heterocycles. The van der Waals surface area contributed by atoms with E-state index in [1.807, 2.05) is 12.1 Å². The van der Waals surface area contributed by atoms with Crippen LogP contribution >= 0.6 is 0 Å². The number of hydrogen-bond acceptors (Lipinski definition) is 4. The lowest BCUT2D eigenvalue weighted by molar-refractivity contribution is -0.00683. The summed E-state index contributed by atoms with van der Waals surface area (Å²) in [6, 6.07) is 8.21. The van der Waals surface area contributed by atoms with Gasteiger partial charge in [0, 0.05) is 31.7 Å². The second-order valence-corrected chi connectivity index (χ2v) is 7.90. The lowest BCUT2D eigenvalue weighted by Crippen LogP contribution is -2.52. The Labute approximate surface area is 170 Å². The number of rotatable bonds is 10. The lowest BCUT2D eigenvalue weighted by Gasteiger charge is -2.39. The Hall–Kier alpha value is -1.79. The van der Waals surface area contributed by atoms with Crippen LogP contribution in [0.3, 0.4) is 0 Å².